The van der Waals surface area contributed by atoms with Crippen molar-refractivity contribution in [3.8, 4) is 5.75 Å². The number of rotatable bonds is 10. The van der Waals surface area contributed by atoms with Gasteiger partial charge in [0.15, 0.2) is 0 Å². The molecule has 0 saturated heterocycles. The van der Waals surface area contributed by atoms with Gasteiger partial charge in [-0.3, -0.25) is 0 Å². The Morgan fingerprint density at radius 3 is 2.80 bits per heavy atom. The van der Waals surface area contributed by atoms with Crippen molar-refractivity contribution in [2.24, 2.45) is 17.8 Å². The lowest BCUT2D eigenvalue weighted by molar-refractivity contribution is 0.0470. The number of benzene rings is 2. The Labute approximate surface area is 208 Å². The molecule has 1 fully saturated rings. The summed E-state index contributed by atoms with van der Waals surface area (Å²) in [7, 11) is 0. The zero-order valence-electron chi connectivity index (χ0n) is 20.4. The zero-order valence-corrected chi connectivity index (χ0v) is 20.4. The van der Waals surface area contributed by atoms with Crippen molar-refractivity contribution >= 4 is 11.5 Å². The second-order valence-electron chi connectivity index (χ2n) is 9.66. The third-order valence-electron chi connectivity index (χ3n) is 7.20. The summed E-state index contributed by atoms with van der Waals surface area (Å²) in [5.74, 6) is 0.467. The average molecular weight is 477 g/mol. The standard InChI is InChI=1S/C30H36O5/c1-2-3-8-21(19-34-25-11-5-4-6-12-25)13-15-26-27-16-14-24(20-35-29(27)18-28(26)31)22-9-7-10-23(17-22)30(32)33/h4-7,9-15,17,21,26-29,31H,2-3,8,16,18-20H2,1H3,(H,32,33)/b15-13+/t21?,26-,27-,28-,29+/m1/s1. The lowest BCUT2D eigenvalue weighted by atomic mass is 9.88. The molecule has 5 nitrogen and oxygen atoms in total. The van der Waals surface area contributed by atoms with Gasteiger partial charge in [-0.1, -0.05) is 68.3 Å². The molecule has 1 heterocycles. The summed E-state index contributed by atoms with van der Waals surface area (Å²) < 4.78 is 12.3. The molecule has 0 spiro atoms. The van der Waals surface area contributed by atoms with E-state index in [1.54, 1.807) is 18.2 Å². The van der Waals surface area contributed by atoms with Gasteiger partial charge in [0.1, 0.15) is 5.75 Å². The number of allylic oxidation sites excluding steroid dienone is 1. The lowest BCUT2D eigenvalue weighted by Crippen LogP contribution is -2.21. The highest BCUT2D eigenvalue weighted by atomic mass is 16.5. The van der Waals surface area contributed by atoms with Crippen LogP contribution in [0.2, 0.25) is 0 Å². The van der Waals surface area contributed by atoms with Crippen LogP contribution in [0.5, 0.6) is 5.75 Å². The van der Waals surface area contributed by atoms with Crippen LogP contribution in [0.4, 0.5) is 0 Å². The highest BCUT2D eigenvalue weighted by Crippen LogP contribution is 2.41. The lowest BCUT2D eigenvalue weighted by Gasteiger charge is -2.21. The summed E-state index contributed by atoms with van der Waals surface area (Å²) in [5, 5.41) is 20.2. The molecule has 5 heteroatoms. The van der Waals surface area contributed by atoms with E-state index in [-0.39, 0.29) is 29.4 Å². The smallest absolute Gasteiger partial charge is 0.335 e. The monoisotopic (exact) mass is 476 g/mol. The molecule has 2 aromatic rings. The number of carboxylic acids is 1. The molecule has 2 N–H and O–H groups in total. The van der Waals surface area contributed by atoms with Crippen LogP contribution < -0.4 is 4.74 Å². The van der Waals surface area contributed by atoms with Gasteiger partial charge in [-0.25, -0.2) is 4.79 Å². The van der Waals surface area contributed by atoms with E-state index in [2.05, 4.69) is 25.2 Å². The topological polar surface area (TPSA) is 76.0 Å². The Kier molecular flexibility index (Phi) is 8.78. The minimum atomic E-state index is -0.930. The first-order valence-electron chi connectivity index (χ1n) is 12.7. The SMILES string of the molecule is CCCCC(/C=C/[C@@H]1[C@H]2CC=C(c3cccc(C(=O)O)c3)CO[C@H]2C[C@H]1O)COc1ccccc1. The van der Waals surface area contributed by atoms with Gasteiger partial charge in [0.05, 0.1) is 31.0 Å². The molecule has 1 aliphatic carbocycles. The fourth-order valence-corrected chi connectivity index (χ4v) is 5.17. The van der Waals surface area contributed by atoms with Gasteiger partial charge in [0.2, 0.25) is 0 Å². The Bertz CT molecular complexity index is 1030. The van der Waals surface area contributed by atoms with E-state index in [0.29, 0.717) is 19.6 Å². The third kappa shape index (κ3) is 6.62. The van der Waals surface area contributed by atoms with Crippen molar-refractivity contribution in [3.05, 3.63) is 84.0 Å². The molecule has 0 amide bonds. The van der Waals surface area contributed by atoms with Crippen LogP contribution >= 0.6 is 0 Å². The molecule has 1 aliphatic heterocycles. The van der Waals surface area contributed by atoms with Gasteiger partial charge in [0.25, 0.3) is 0 Å². The number of aliphatic hydroxyl groups is 1. The van der Waals surface area contributed by atoms with Gasteiger partial charge in [-0.05, 0) is 54.2 Å². The molecule has 0 bridgehead atoms. The second kappa shape index (κ2) is 12.2. The molecule has 5 atom stereocenters. The number of hydrogen-bond donors (Lipinski definition) is 2. The number of aliphatic hydroxyl groups excluding tert-OH is 1. The van der Waals surface area contributed by atoms with Crippen LogP contribution in [0.25, 0.3) is 5.57 Å². The maximum atomic E-state index is 11.4. The summed E-state index contributed by atoms with van der Waals surface area (Å²) in [4.78, 5) is 11.4. The Morgan fingerprint density at radius 2 is 2.03 bits per heavy atom. The third-order valence-corrected chi connectivity index (χ3v) is 7.20. The number of carboxylic acid groups (broad SMARTS) is 1. The first-order valence-corrected chi connectivity index (χ1v) is 12.7. The molecule has 2 aromatic carbocycles. The van der Waals surface area contributed by atoms with E-state index in [1.807, 2.05) is 36.4 Å². The maximum absolute atomic E-state index is 11.4. The van der Waals surface area contributed by atoms with Gasteiger partial charge >= 0.3 is 5.97 Å². The van der Waals surface area contributed by atoms with Crippen LogP contribution in [0, 0.1) is 17.8 Å². The minimum Gasteiger partial charge on any atom is -0.493 e. The summed E-state index contributed by atoms with van der Waals surface area (Å²) in [6.07, 6.45) is 10.9. The second-order valence-corrected chi connectivity index (χ2v) is 9.66. The van der Waals surface area contributed by atoms with Gasteiger partial charge in [-0.15, -0.1) is 0 Å². The number of carbonyl (C=O) groups is 1. The number of aromatic carboxylic acids is 1. The van der Waals surface area contributed by atoms with E-state index in [9.17, 15) is 15.0 Å². The average Bonchev–Trinajstić information content (AvgIpc) is 3.03. The highest BCUT2D eigenvalue weighted by Gasteiger charge is 2.42. The van der Waals surface area contributed by atoms with E-state index in [4.69, 9.17) is 9.47 Å². The van der Waals surface area contributed by atoms with Crippen molar-refractivity contribution in [2.75, 3.05) is 13.2 Å². The molecule has 0 aromatic heterocycles. The molecule has 1 unspecified atom stereocenters. The summed E-state index contributed by atoms with van der Waals surface area (Å²) >= 11 is 0. The fraction of sp³-hybridized carbons (Fsp3) is 0.433. The van der Waals surface area contributed by atoms with Crippen LogP contribution in [-0.4, -0.2) is 41.6 Å². The number of hydrogen-bond acceptors (Lipinski definition) is 4. The van der Waals surface area contributed by atoms with E-state index in [1.165, 1.54) is 0 Å². The summed E-state index contributed by atoms with van der Waals surface area (Å²) in [5.41, 5.74) is 2.17. The minimum absolute atomic E-state index is 0.00860. The molecular formula is C30H36O5. The quantitative estimate of drug-likeness (QED) is 0.412. The van der Waals surface area contributed by atoms with E-state index >= 15 is 0 Å². The maximum Gasteiger partial charge on any atom is 0.335 e. The molecule has 0 radical (unpaired) electrons. The number of para-hydroxylation sites is 1. The summed E-state index contributed by atoms with van der Waals surface area (Å²) in [6.45, 7) is 3.25. The first kappa shape index (κ1) is 25.2. The van der Waals surface area contributed by atoms with Crippen molar-refractivity contribution in [1.29, 1.82) is 0 Å². The Hall–Kier alpha value is -2.89. The van der Waals surface area contributed by atoms with Gasteiger partial charge in [0, 0.05) is 18.3 Å². The Balaban J connectivity index is 1.45. The number of ether oxygens (including phenoxy) is 2. The highest BCUT2D eigenvalue weighted by molar-refractivity contribution is 5.89. The van der Waals surface area contributed by atoms with Crippen molar-refractivity contribution in [1.82, 2.24) is 0 Å². The van der Waals surface area contributed by atoms with Crippen LogP contribution in [0.15, 0.2) is 72.8 Å². The van der Waals surface area contributed by atoms with E-state index < -0.39 is 12.1 Å². The molecule has 4 rings (SSSR count). The van der Waals surface area contributed by atoms with E-state index in [0.717, 1.165) is 42.6 Å². The predicted molar refractivity (Wildman–Crippen MR) is 137 cm³/mol. The number of fused-ring (bicyclic) bond motifs is 1. The first-order chi connectivity index (χ1) is 17.0. The molecule has 2 aliphatic rings. The normalized spacial score (nSPS) is 25.0. The number of unbranched alkanes of at least 4 members (excludes halogenated alkanes) is 1. The fourth-order valence-electron chi connectivity index (χ4n) is 5.17. The van der Waals surface area contributed by atoms with Gasteiger partial charge in [-0.2, -0.15) is 0 Å². The Morgan fingerprint density at radius 1 is 1.20 bits per heavy atom. The zero-order chi connectivity index (χ0) is 24.6. The van der Waals surface area contributed by atoms with Crippen LogP contribution in [0.1, 0.15) is 54.9 Å². The molecular weight excluding hydrogens is 440 g/mol. The van der Waals surface area contributed by atoms with Crippen molar-refractivity contribution < 1.29 is 24.5 Å². The van der Waals surface area contributed by atoms with Crippen molar-refractivity contribution in [3.63, 3.8) is 0 Å². The van der Waals surface area contributed by atoms with Crippen LogP contribution in [-0.2, 0) is 4.74 Å². The molecule has 35 heavy (non-hydrogen) atoms. The molecule has 186 valence electrons. The molecule has 1 saturated carbocycles. The summed E-state index contributed by atoms with van der Waals surface area (Å²) in [6, 6.07) is 16.9. The predicted octanol–water partition coefficient (Wildman–Crippen LogP) is 6.00. The van der Waals surface area contributed by atoms with Crippen molar-refractivity contribution in [2.45, 2.75) is 51.2 Å². The largest absolute Gasteiger partial charge is 0.493 e. The van der Waals surface area contributed by atoms with Crippen LogP contribution in [0.3, 0.4) is 0 Å². The van der Waals surface area contributed by atoms with Gasteiger partial charge < -0.3 is 19.7 Å².